The van der Waals surface area contributed by atoms with Gasteiger partial charge in [0.25, 0.3) is 0 Å². The van der Waals surface area contributed by atoms with Crippen molar-refractivity contribution in [1.82, 2.24) is 0 Å². The zero-order valence-corrected chi connectivity index (χ0v) is 13.7. The molecule has 0 amide bonds. The molecule has 4 nitrogen and oxygen atoms in total. The minimum atomic E-state index is -1.07. The fourth-order valence-corrected chi connectivity index (χ4v) is 2.77. The van der Waals surface area contributed by atoms with Gasteiger partial charge in [-0.15, -0.1) is 0 Å². The van der Waals surface area contributed by atoms with Crippen LogP contribution in [0.15, 0.2) is 24.3 Å². The third kappa shape index (κ3) is 6.56. The molecule has 0 aromatic heterocycles. The molecule has 22 heavy (non-hydrogen) atoms. The van der Waals surface area contributed by atoms with Crippen LogP contribution in [0.3, 0.4) is 0 Å². The zero-order chi connectivity index (χ0) is 16.3. The Hall–Kier alpha value is -1.42. The number of carbonyl (C=O) groups is 2. The van der Waals surface area contributed by atoms with Crippen molar-refractivity contribution in [1.29, 1.82) is 0 Å². The minimum absolute atomic E-state index is 0.132. The summed E-state index contributed by atoms with van der Waals surface area (Å²) >= 11 is 0. The van der Waals surface area contributed by atoms with E-state index in [1.54, 1.807) is 18.2 Å². The van der Waals surface area contributed by atoms with Gasteiger partial charge in [0.15, 0.2) is 5.60 Å². The predicted molar refractivity (Wildman–Crippen MR) is 88.4 cm³/mol. The van der Waals surface area contributed by atoms with Gasteiger partial charge in [-0.25, -0.2) is 0 Å². The number of esters is 1. The normalized spacial score (nSPS) is 20.4. The van der Waals surface area contributed by atoms with Crippen LogP contribution in [0.4, 0.5) is 0 Å². The number of ketones is 1. The van der Waals surface area contributed by atoms with Gasteiger partial charge in [0.2, 0.25) is 5.78 Å². The number of hydrogen-bond acceptors (Lipinski definition) is 4. The van der Waals surface area contributed by atoms with E-state index in [9.17, 15) is 9.59 Å². The van der Waals surface area contributed by atoms with Crippen LogP contribution in [-0.4, -0.2) is 23.9 Å². The van der Waals surface area contributed by atoms with Gasteiger partial charge >= 0.3 is 5.97 Å². The van der Waals surface area contributed by atoms with E-state index < -0.39 is 11.6 Å². The maximum atomic E-state index is 12.1. The summed E-state index contributed by atoms with van der Waals surface area (Å²) in [6, 6.07) is 0. The molecule has 0 saturated carbocycles. The smallest absolute Gasteiger partial charge is 0.303 e. The van der Waals surface area contributed by atoms with Gasteiger partial charge < -0.3 is 10.5 Å². The van der Waals surface area contributed by atoms with Gasteiger partial charge in [-0.05, 0) is 38.0 Å². The molecule has 1 atom stereocenters. The van der Waals surface area contributed by atoms with E-state index in [-0.39, 0.29) is 5.78 Å². The van der Waals surface area contributed by atoms with Gasteiger partial charge in [0.05, 0.1) is 0 Å². The lowest BCUT2D eigenvalue weighted by Crippen LogP contribution is -2.41. The average Bonchev–Trinajstić information content (AvgIpc) is 2.48. The van der Waals surface area contributed by atoms with Gasteiger partial charge in [-0.1, -0.05) is 50.7 Å². The molecule has 1 unspecified atom stereocenters. The Bertz CT molecular complexity index is 415. The van der Waals surface area contributed by atoms with Gasteiger partial charge in [0.1, 0.15) is 0 Å². The van der Waals surface area contributed by atoms with E-state index in [0.717, 1.165) is 32.2 Å². The van der Waals surface area contributed by atoms with E-state index >= 15 is 0 Å². The van der Waals surface area contributed by atoms with Crippen LogP contribution in [0.1, 0.15) is 64.7 Å². The molecule has 0 aliphatic heterocycles. The Kier molecular flexibility index (Phi) is 8.75. The standard InChI is InChI=1S/C18H29NO3/c1-16(20)22-18(14-10-8-12-17(18)21)13-9-6-4-2-3-5-7-11-15-19/h8,10,12,14H,2-7,9,11,13,15,19H2,1H3. The second-order valence-corrected chi connectivity index (χ2v) is 5.93. The summed E-state index contributed by atoms with van der Waals surface area (Å²) in [7, 11) is 0. The molecule has 0 bridgehead atoms. The number of hydrogen-bond donors (Lipinski definition) is 1. The first kappa shape index (κ1) is 18.6. The number of rotatable bonds is 11. The molecule has 1 rings (SSSR count). The van der Waals surface area contributed by atoms with Crippen LogP contribution in [0, 0.1) is 0 Å². The molecule has 1 aliphatic rings. The summed E-state index contributed by atoms with van der Waals surface area (Å²) in [5, 5.41) is 0. The highest BCUT2D eigenvalue weighted by molar-refractivity contribution is 6.01. The molecule has 1 aliphatic carbocycles. The lowest BCUT2D eigenvalue weighted by molar-refractivity contribution is -0.159. The predicted octanol–water partition coefficient (Wildman–Crippen LogP) is 3.45. The number of unbranched alkanes of at least 4 members (excludes halogenated alkanes) is 7. The van der Waals surface area contributed by atoms with Gasteiger partial charge in [-0.2, -0.15) is 0 Å². The van der Waals surface area contributed by atoms with E-state index in [1.807, 2.05) is 0 Å². The van der Waals surface area contributed by atoms with E-state index in [4.69, 9.17) is 10.5 Å². The largest absolute Gasteiger partial charge is 0.447 e. The van der Waals surface area contributed by atoms with Crippen LogP contribution in [0.25, 0.3) is 0 Å². The van der Waals surface area contributed by atoms with Gasteiger partial charge in [-0.3, -0.25) is 9.59 Å². The lowest BCUT2D eigenvalue weighted by atomic mass is 9.87. The van der Waals surface area contributed by atoms with Crippen molar-refractivity contribution in [3.8, 4) is 0 Å². The van der Waals surface area contributed by atoms with Crippen LogP contribution in [0.2, 0.25) is 0 Å². The van der Waals surface area contributed by atoms with Crippen molar-refractivity contribution in [2.75, 3.05) is 6.54 Å². The minimum Gasteiger partial charge on any atom is -0.447 e. The Balaban J connectivity index is 2.25. The number of nitrogens with two attached hydrogens (primary N) is 1. The van der Waals surface area contributed by atoms with E-state index in [1.165, 1.54) is 38.7 Å². The summed E-state index contributed by atoms with van der Waals surface area (Å²) in [6.07, 6.45) is 16.4. The third-order valence-corrected chi connectivity index (χ3v) is 3.97. The maximum absolute atomic E-state index is 12.1. The Morgan fingerprint density at radius 3 is 2.18 bits per heavy atom. The molecule has 0 heterocycles. The second kappa shape index (κ2) is 10.3. The van der Waals surface area contributed by atoms with Crippen molar-refractivity contribution < 1.29 is 14.3 Å². The Labute approximate surface area is 133 Å². The molecule has 0 aromatic carbocycles. The highest BCUT2D eigenvalue weighted by Crippen LogP contribution is 2.27. The monoisotopic (exact) mass is 307 g/mol. The summed E-state index contributed by atoms with van der Waals surface area (Å²) in [4.78, 5) is 23.4. The third-order valence-electron chi connectivity index (χ3n) is 3.97. The van der Waals surface area contributed by atoms with Crippen LogP contribution in [0.5, 0.6) is 0 Å². The zero-order valence-electron chi connectivity index (χ0n) is 13.7. The van der Waals surface area contributed by atoms with Crippen molar-refractivity contribution in [2.45, 2.75) is 70.3 Å². The Morgan fingerprint density at radius 1 is 1.05 bits per heavy atom. The molecule has 0 radical (unpaired) electrons. The SMILES string of the molecule is CC(=O)OC1(CCCCCCCCCCN)C=CC=CC1=O. The molecule has 0 spiro atoms. The molecule has 0 saturated heterocycles. The molecule has 4 heteroatoms. The summed E-state index contributed by atoms with van der Waals surface area (Å²) in [5.41, 5.74) is 4.40. The number of carbonyl (C=O) groups excluding carboxylic acids is 2. The van der Waals surface area contributed by atoms with Gasteiger partial charge in [0, 0.05) is 6.92 Å². The summed E-state index contributed by atoms with van der Waals surface area (Å²) < 4.78 is 5.32. The number of ether oxygens (including phenoxy) is 1. The topological polar surface area (TPSA) is 69.4 Å². The molecule has 2 N–H and O–H groups in total. The molecule has 0 fully saturated rings. The van der Waals surface area contributed by atoms with Crippen molar-refractivity contribution in [3.05, 3.63) is 24.3 Å². The fraction of sp³-hybridized carbons (Fsp3) is 0.667. The fourth-order valence-electron chi connectivity index (χ4n) is 2.77. The molecule has 124 valence electrons. The quantitative estimate of drug-likeness (QED) is 0.469. The van der Waals surface area contributed by atoms with Crippen molar-refractivity contribution in [3.63, 3.8) is 0 Å². The Morgan fingerprint density at radius 2 is 1.64 bits per heavy atom. The van der Waals surface area contributed by atoms with E-state index in [0.29, 0.717) is 6.42 Å². The summed E-state index contributed by atoms with van der Waals surface area (Å²) in [6.45, 7) is 2.14. The van der Waals surface area contributed by atoms with Crippen LogP contribution < -0.4 is 5.73 Å². The molecule has 0 aromatic rings. The average molecular weight is 307 g/mol. The first-order chi connectivity index (χ1) is 10.6. The van der Waals surface area contributed by atoms with E-state index in [2.05, 4.69) is 0 Å². The van der Waals surface area contributed by atoms with Crippen LogP contribution >= 0.6 is 0 Å². The molecular weight excluding hydrogens is 278 g/mol. The first-order valence-corrected chi connectivity index (χ1v) is 8.41. The first-order valence-electron chi connectivity index (χ1n) is 8.41. The van der Waals surface area contributed by atoms with Crippen molar-refractivity contribution >= 4 is 11.8 Å². The molecular formula is C18H29NO3. The second-order valence-electron chi connectivity index (χ2n) is 5.93. The summed E-state index contributed by atoms with van der Waals surface area (Å²) in [5.74, 6) is -0.541. The highest BCUT2D eigenvalue weighted by atomic mass is 16.6. The van der Waals surface area contributed by atoms with Crippen molar-refractivity contribution in [2.24, 2.45) is 5.73 Å². The number of allylic oxidation sites excluding steroid dienone is 2. The maximum Gasteiger partial charge on any atom is 0.303 e. The lowest BCUT2D eigenvalue weighted by Gasteiger charge is -2.29. The van der Waals surface area contributed by atoms with Crippen LogP contribution in [-0.2, 0) is 14.3 Å². The highest BCUT2D eigenvalue weighted by Gasteiger charge is 2.37.